The summed E-state index contributed by atoms with van der Waals surface area (Å²) in [5, 5.41) is 7.40. The lowest BCUT2D eigenvalue weighted by Gasteiger charge is -2.24. The fraction of sp³-hybridized carbons (Fsp3) is 0.130. The van der Waals surface area contributed by atoms with Gasteiger partial charge in [0.15, 0.2) is 11.6 Å². The minimum absolute atomic E-state index is 0.0129. The third-order valence-corrected chi connectivity index (χ3v) is 5.05. The van der Waals surface area contributed by atoms with Crippen LogP contribution in [0.5, 0.6) is 0 Å². The van der Waals surface area contributed by atoms with Crippen LogP contribution in [0.3, 0.4) is 0 Å². The second-order valence-corrected chi connectivity index (χ2v) is 7.66. The van der Waals surface area contributed by atoms with Crippen LogP contribution in [-0.4, -0.2) is 24.6 Å². The molecule has 0 saturated carbocycles. The Morgan fingerprint density at radius 3 is 2.55 bits per heavy atom. The van der Waals surface area contributed by atoms with E-state index in [2.05, 4.69) is 21.1 Å². The van der Waals surface area contributed by atoms with E-state index < -0.39 is 29.5 Å². The average Bonchev–Trinajstić information content (AvgIpc) is 3.23. The molecule has 33 heavy (non-hydrogen) atoms. The third-order valence-electron chi connectivity index (χ3n) is 4.83. The molecular weight excluding hydrogens is 455 g/mol. The Morgan fingerprint density at radius 1 is 1.03 bits per heavy atom. The van der Waals surface area contributed by atoms with Gasteiger partial charge < -0.3 is 5.32 Å². The highest BCUT2D eigenvalue weighted by atomic mass is 35.5. The molecule has 0 spiro atoms. The molecule has 3 N–H and O–H groups in total. The third kappa shape index (κ3) is 5.63. The first-order chi connectivity index (χ1) is 15.9. The van der Waals surface area contributed by atoms with E-state index in [1.807, 2.05) is 35.3 Å². The molecule has 0 radical (unpaired) electrons. The van der Waals surface area contributed by atoms with Crippen molar-refractivity contribution < 1.29 is 18.0 Å². The number of hydrazine groups is 1. The van der Waals surface area contributed by atoms with E-state index in [1.54, 1.807) is 0 Å². The summed E-state index contributed by atoms with van der Waals surface area (Å²) in [5.41, 5.74) is 4.23. The summed E-state index contributed by atoms with van der Waals surface area (Å²) in [6, 6.07) is 16.1. The number of nitrogens with one attached hydrogen (secondary N) is 3. The van der Waals surface area contributed by atoms with E-state index in [0.717, 1.165) is 30.0 Å². The first-order valence-corrected chi connectivity index (χ1v) is 10.4. The molecule has 1 fully saturated rings. The normalized spacial score (nSPS) is 16.1. The van der Waals surface area contributed by atoms with Crippen LogP contribution in [0.15, 0.2) is 71.7 Å². The highest BCUT2D eigenvalue weighted by molar-refractivity contribution is 6.31. The SMILES string of the molecule is O=C(NC(=NC1CCNN1c1ccccc1)Nc1cc(F)cc(Cl)c1)c1ccc(F)c(F)c1. The molecule has 1 aliphatic heterocycles. The van der Waals surface area contributed by atoms with Crippen molar-refractivity contribution in [1.29, 1.82) is 0 Å². The lowest BCUT2D eigenvalue weighted by molar-refractivity contribution is 0.0976. The van der Waals surface area contributed by atoms with Crippen molar-refractivity contribution in [1.82, 2.24) is 10.7 Å². The fourth-order valence-electron chi connectivity index (χ4n) is 3.35. The topological polar surface area (TPSA) is 68.8 Å². The highest BCUT2D eigenvalue weighted by Gasteiger charge is 2.25. The van der Waals surface area contributed by atoms with Gasteiger partial charge in [-0.15, -0.1) is 0 Å². The summed E-state index contributed by atoms with van der Waals surface area (Å²) >= 11 is 5.94. The van der Waals surface area contributed by atoms with Crippen LogP contribution >= 0.6 is 11.6 Å². The molecular formula is C23H19ClF3N5O. The Labute approximate surface area is 193 Å². The number of guanidine groups is 1. The average molecular weight is 474 g/mol. The Hall–Kier alpha value is -3.56. The van der Waals surface area contributed by atoms with Gasteiger partial charge in [-0.3, -0.25) is 15.1 Å². The zero-order chi connectivity index (χ0) is 23.4. The van der Waals surface area contributed by atoms with Crippen molar-refractivity contribution in [3.05, 3.63) is 94.8 Å². The van der Waals surface area contributed by atoms with Gasteiger partial charge in [-0.1, -0.05) is 29.8 Å². The van der Waals surface area contributed by atoms with Crippen molar-refractivity contribution >= 4 is 34.8 Å². The maximum absolute atomic E-state index is 13.8. The van der Waals surface area contributed by atoms with Gasteiger partial charge in [-0.25, -0.2) is 23.6 Å². The van der Waals surface area contributed by atoms with Gasteiger partial charge in [0.05, 0.1) is 5.69 Å². The number of rotatable bonds is 4. The molecule has 10 heteroatoms. The Balaban J connectivity index is 1.64. The van der Waals surface area contributed by atoms with Crippen LogP contribution in [0, 0.1) is 17.5 Å². The fourth-order valence-corrected chi connectivity index (χ4v) is 3.57. The van der Waals surface area contributed by atoms with Crippen LogP contribution in [-0.2, 0) is 0 Å². The molecule has 1 heterocycles. The van der Waals surface area contributed by atoms with Crippen molar-refractivity contribution in [3.63, 3.8) is 0 Å². The maximum atomic E-state index is 13.8. The van der Waals surface area contributed by atoms with Gasteiger partial charge in [0.25, 0.3) is 5.91 Å². The number of para-hydroxylation sites is 1. The zero-order valence-corrected chi connectivity index (χ0v) is 17.9. The summed E-state index contributed by atoms with van der Waals surface area (Å²) in [5.74, 6) is -3.53. The van der Waals surface area contributed by atoms with Gasteiger partial charge >= 0.3 is 0 Å². The number of halogens is 4. The highest BCUT2D eigenvalue weighted by Crippen LogP contribution is 2.22. The summed E-state index contributed by atoms with van der Waals surface area (Å²) < 4.78 is 40.7. The lowest BCUT2D eigenvalue weighted by atomic mass is 10.2. The summed E-state index contributed by atoms with van der Waals surface area (Å²) in [7, 11) is 0. The maximum Gasteiger partial charge on any atom is 0.258 e. The number of hydrogen-bond donors (Lipinski definition) is 3. The minimum Gasteiger partial charge on any atom is -0.326 e. The van der Waals surface area contributed by atoms with E-state index in [4.69, 9.17) is 11.6 Å². The van der Waals surface area contributed by atoms with Crippen LogP contribution in [0.1, 0.15) is 16.8 Å². The van der Waals surface area contributed by atoms with Crippen molar-refractivity contribution in [2.75, 3.05) is 16.9 Å². The van der Waals surface area contributed by atoms with Gasteiger partial charge in [0.2, 0.25) is 5.96 Å². The molecule has 1 amide bonds. The second-order valence-electron chi connectivity index (χ2n) is 7.23. The van der Waals surface area contributed by atoms with E-state index in [0.29, 0.717) is 13.0 Å². The van der Waals surface area contributed by atoms with E-state index >= 15 is 0 Å². The molecule has 6 nitrogen and oxygen atoms in total. The monoisotopic (exact) mass is 473 g/mol. The Morgan fingerprint density at radius 2 is 1.82 bits per heavy atom. The number of aliphatic imine (C=N–C) groups is 1. The number of carbonyl (C=O) groups excluding carboxylic acids is 1. The molecule has 1 unspecified atom stereocenters. The molecule has 0 bridgehead atoms. The predicted molar refractivity (Wildman–Crippen MR) is 122 cm³/mol. The summed E-state index contributed by atoms with van der Waals surface area (Å²) in [6.45, 7) is 0.638. The summed E-state index contributed by atoms with van der Waals surface area (Å²) in [4.78, 5) is 17.3. The molecule has 1 saturated heterocycles. The molecule has 0 aromatic heterocycles. The lowest BCUT2D eigenvalue weighted by Crippen LogP contribution is -2.41. The van der Waals surface area contributed by atoms with Crippen molar-refractivity contribution in [2.45, 2.75) is 12.6 Å². The summed E-state index contributed by atoms with van der Waals surface area (Å²) in [6.07, 6.45) is 0.203. The predicted octanol–water partition coefficient (Wildman–Crippen LogP) is 4.70. The van der Waals surface area contributed by atoms with Crippen LogP contribution < -0.4 is 21.1 Å². The number of nitrogens with zero attached hydrogens (tertiary/aromatic N) is 2. The molecule has 3 aromatic rings. The van der Waals surface area contributed by atoms with Gasteiger partial charge in [-0.05, 0) is 48.5 Å². The number of benzene rings is 3. The zero-order valence-electron chi connectivity index (χ0n) is 17.2. The van der Waals surface area contributed by atoms with Crippen LogP contribution in [0.2, 0.25) is 5.02 Å². The van der Waals surface area contributed by atoms with Crippen molar-refractivity contribution in [3.8, 4) is 0 Å². The largest absolute Gasteiger partial charge is 0.326 e. The Kier molecular flexibility index (Phi) is 6.81. The van der Waals surface area contributed by atoms with E-state index in [-0.39, 0.29) is 22.2 Å². The first kappa shape index (κ1) is 22.6. The molecule has 170 valence electrons. The van der Waals surface area contributed by atoms with E-state index in [1.165, 1.54) is 12.1 Å². The molecule has 4 rings (SSSR count). The Bertz CT molecular complexity index is 1170. The van der Waals surface area contributed by atoms with Gasteiger partial charge in [-0.2, -0.15) is 0 Å². The van der Waals surface area contributed by atoms with Crippen LogP contribution in [0.4, 0.5) is 24.5 Å². The molecule has 1 atom stereocenters. The van der Waals surface area contributed by atoms with Crippen molar-refractivity contribution in [2.24, 2.45) is 4.99 Å². The smallest absolute Gasteiger partial charge is 0.258 e. The standard InChI is InChI=1S/C23H19ClF3N5O/c24-15-11-16(25)13-17(12-15)29-23(31-22(33)14-6-7-19(26)20(27)10-14)30-21-8-9-28-32(21)18-4-2-1-3-5-18/h1-7,10-13,21,28H,8-9H2,(H2,29,30,31,33). The first-order valence-electron chi connectivity index (χ1n) is 10.0. The quantitative estimate of drug-likeness (QED) is 0.379. The minimum atomic E-state index is -1.15. The molecule has 0 aliphatic carbocycles. The number of hydrogen-bond acceptors (Lipinski definition) is 4. The van der Waals surface area contributed by atoms with Gasteiger partial charge in [0.1, 0.15) is 12.0 Å². The molecule has 3 aromatic carbocycles. The second kappa shape index (κ2) is 9.93. The number of carbonyl (C=O) groups is 1. The number of amides is 1. The van der Waals surface area contributed by atoms with E-state index in [9.17, 15) is 18.0 Å². The molecule has 1 aliphatic rings. The number of anilines is 2. The van der Waals surface area contributed by atoms with Gasteiger partial charge in [0, 0.05) is 29.2 Å². The van der Waals surface area contributed by atoms with Crippen LogP contribution in [0.25, 0.3) is 0 Å².